The van der Waals surface area contributed by atoms with Gasteiger partial charge in [0.05, 0.1) is 0 Å². The first kappa shape index (κ1) is 10.4. The molecule has 72 valence electrons. The van der Waals surface area contributed by atoms with Gasteiger partial charge in [-0.05, 0) is 25.2 Å². The van der Waals surface area contributed by atoms with Crippen molar-refractivity contribution in [2.75, 3.05) is 32.1 Å². The predicted molar refractivity (Wildman–Crippen MR) is 58.6 cm³/mol. The fourth-order valence-corrected chi connectivity index (χ4v) is 1.31. The average Bonchev–Trinajstić information content (AvgIpc) is 2.14. The minimum atomic E-state index is 0.786. The van der Waals surface area contributed by atoms with Gasteiger partial charge in [0, 0.05) is 30.8 Å². The molecule has 1 N–H and O–H groups in total. The monoisotopic (exact) mass is 198 g/mol. The molecule has 2 nitrogen and oxygen atoms in total. The van der Waals surface area contributed by atoms with Crippen molar-refractivity contribution >= 4 is 17.3 Å². The first-order valence-electron chi connectivity index (χ1n) is 4.35. The van der Waals surface area contributed by atoms with Crippen LogP contribution in [0.5, 0.6) is 0 Å². The Labute approximate surface area is 84.5 Å². The highest BCUT2D eigenvalue weighted by Crippen LogP contribution is 2.17. The molecule has 0 aliphatic rings. The third kappa shape index (κ3) is 3.25. The zero-order valence-electron chi connectivity index (χ0n) is 8.05. The van der Waals surface area contributed by atoms with E-state index in [9.17, 15) is 0 Å². The number of anilines is 1. The van der Waals surface area contributed by atoms with Crippen molar-refractivity contribution in [1.82, 2.24) is 5.32 Å². The summed E-state index contributed by atoms with van der Waals surface area (Å²) >= 11 is 5.88. The lowest BCUT2D eigenvalue weighted by Crippen LogP contribution is -2.26. The lowest BCUT2D eigenvalue weighted by Gasteiger charge is -2.18. The van der Waals surface area contributed by atoms with Crippen molar-refractivity contribution < 1.29 is 0 Å². The third-order valence-corrected chi connectivity index (χ3v) is 2.18. The number of nitrogens with one attached hydrogen (secondary N) is 1. The van der Waals surface area contributed by atoms with Gasteiger partial charge in [-0.1, -0.05) is 17.7 Å². The second-order valence-corrected chi connectivity index (χ2v) is 3.44. The fraction of sp³-hybridized carbons (Fsp3) is 0.400. The quantitative estimate of drug-likeness (QED) is 0.796. The van der Waals surface area contributed by atoms with Crippen molar-refractivity contribution in [3.05, 3.63) is 29.3 Å². The molecule has 0 saturated heterocycles. The normalized spacial score (nSPS) is 10.1. The van der Waals surface area contributed by atoms with Crippen LogP contribution in [0.15, 0.2) is 24.3 Å². The van der Waals surface area contributed by atoms with Crippen LogP contribution in [0.4, 0.5) is 5.69 Å². The predicted octanol–water partition coefficient (Wildman–Crippen LogP) is 2.00. The summed E-state index contributed by atoms with van der Waals surface area (Å²) in [4.78, 5) is 2.17. The summed E-state index contributed by atoms with van der Waals surface area (Å²) in [6.07, 6.45) is 0. The van der Waals surface area contributed by atoms with E-state index in [1.54, 1.807) is 0 Å². The van der Waals surface area contributed by atoms with Gasteiger partial charge < -0.3 is 10.2 Å². The maximum Gasteiger partial charge on any atom is 0.0426 e. The molecule has 3 heteroatoms. The van der Waals surface area contributed by atoms with Gasteiger partial charge >= 0.3 is 0 Å². The van der Waals surface area contributed by atoms with Gasteiger partial charge in [0.25, 0.3) is 0 Å². The first-order chi connectivity index (χ1) is 6.24. The summed E-state index contributed by atoms with van der Waals surface area (Å²) in [6, 6.07) is 7.88. The molecule has 0 fully saturated rings. The highest BCUT2D eigenvalue weighted by atomic mass is 35.5. The van der Waals surface area contributed by atoms with Gasteiger partial charge in [0.1, 0.15) is 0 Å². The molecule has 1 aromatic rings. The molecule has 0 saturated carbocycles. The molecule has 0 spiro atoms. The van der Waals surface area contributed by atoms with Crippen LogP contribution in [-0.2, 0) is 0 Å². The van der Waals surface area contributed by atoms with E-state index in [0.717, 1.165) is 23.8 Å². The van der Waals surface area contributed by atoms with Crippen LogP contribution in [0.3, 0.4) is 0 Å². The Hall–Kier alpha value is -0.730. The Balaban J connectivity index is 2.60. The largest absolute Gasteiger partial charge is 0.373 e. The van der Waals surface area contributed by atoms with Gasteiger partial charge in [-0.3, -0.25) is 0 Å². The molecule has 0 unspecified atom stereocenters. The summed E-state index contributed by atoms with van der Waals surface area (Å²) in [5.74, 6) is 0. The van der Waals surface area contributed by atoms with Gasteiger partial charge in [-0.15, -0.1) is 0 Å². The van der Waals surface area contributed by atoms with E-state index in [4.69, 9.17) is 11.6 Å². The molecule has 0 radical (unpaired) electrons. The number of hydrogen-bond acceptors (Lipinski definition) is 2. The first-order valence-corrected chi connectivity index (χ1v) is 4.73. The lowest BCUT2D eigenvalue weighted by molar-refractivity contribution is 0.768. The maximum absolute atomic E-state index is 5.88. The lowest BCUT2D eigenvalue weighted by atomic mass is 10.3. The average molecular weight is 199 g/mol. The Kier molecular flexibility index (Phi) is 4.06. The van der Waals surface area contributed by atoms with Gasteiger partial charge in [0.2, 0.25) is 0 Å². The second kappa shape index (κ2) is 5.10. The second-order valence-electron chi connectivity index (χ2n) is 3.00. The topological polar surface area (TPSA) is 15.3 Å². The van der Waals surface area contributed by atoms with Gasteiger partial charge in [-0.2, -0.15) is 0 Å². The molecule has 0 amide bonds. The zero-order valence-corrected chi connectivity index (χ0v) is 8.80. The SMILES string of the molecule is CNCCN(C)c1cccc(Cl)c1. The number of halogens is 1. The molecule has 0 aliphatic carbocycles. The van der Waals surface area contributed by atoms with Crippen LogP contribution >= 0.6 is 11.6 Å². The van der Waals surface area contributed by atoms with Crippen molar-refractivity contribution in [1.29, 1.82) is 0 Å². The van der Waals surface area contributed by atoms with E-state index in [1.165, 1.54) is 0 Å². The summed E-state index contributed by atoms with van der Waals surface area (Å²) in [7, 11) is 4.01. The standard InChI is InChI=1S/C10H15ClN2/c1-12-6-7-13(2)10-5-3-4-9(11)8-10/h3-5,8,12H,6-7H2,1-2H3. The van der Waals surface area contributed by atoms with Gasteiger partial charge in [-0.25, -0.2) is 0 Å². The number of nitrogens with zero attached hydrogens (tertiary/aromatic N) is 1. The van der Waals surface area contributed by atoms with Crippen LogP contribution in [0.2, 0.25) is 5.02 Å². The molecule has 13 heavy (non-hydrogen) atoms. The minimum Gasteiger partial charge on any atom is -0.373 e. The molecule has 1 aromatic carbocycles. The number of hydrogen-bond donors (Lipinski definition) is 1. The van der Waals surface area contributed by atoms with Crippen LogP contribution < -0.4 is 10.2 Å². The molecule has 0 bridgehead atoms. The smallest absolute Gasteiger partial charge is 0.0426 e. The van der Waals surface area contributed by atoms with Crippen LogP contribution in [0.1, 0.15) is 0 Å². The maximum atomic E-state index is 5.88. The minimum absolute atomic E-state index is 0.786. The van der Waals surface area contributed by atoms with E-state index in [2.05, 4.69) is 23.3 Å². The van der Waals surface area contributed by atoms with Crippen molar-refractivity contribution in [2.45, 2.75) is 0 Å². The molecular weight excluding hydrogens is 184 g/mol. The number of likely N-dealkylation sites (N-methyl/N-ethyl adjacent to an activating group) is 2. The van der Waals surface area contributed by atoms with E-state index < -0.39 is 0 Å². The molecule has 0 aliphatic heterocycles. The number of rotatable bonds is 4. The Morgan fingerprint density at radius 2 is 2.23 bits per heavy atom. The van der Waals surface area contributed by atoms with Crippen LogP contribution in [0, 0.1) is 0 Å². The molecular formula is C10H15ClN2. The van der Waals surface area contributed by atoms with Crippen molar-refractivity contribution in [3.63, 3.8) is 0 Å². The Bertz CT molecular complexity index is 263. The Morgan fingerprint density at radius 3 is 2.85 bits per heavy atom. The summed E-state index contributed by atoms with van der Waals surface area (Å²) < 4.78 is 0. The number of benzene rings is 1. The zero-order chi connectivity index (χ0) is 9.68. The fourth-order valence-electron chi connectivity index (χ4n) is 1.12. The summed E-state index contributed by atoms with van der Waals surface area (Å²) in [5, 5.41) is 3.89. The van der Waals surface area contributed by atoms with E-state index in [0.29, 0.717) is 0 Å². The molecule has 0 atom stereocenters. The van der Waals surface area contributed by atoms with Crippen LogP contribution in [-0.4, -0.2) is 27.2 Å². The summed E-state index contributed by atoms with van der Waals surface area (Å²) in [6.45, 7) is 1.96. The Morgan fingerprint density at radius 1 is 1.46 bits per heavy atom. The van der Waals surface area contributed by atoms with E-state index in [1.807, 2.05) is 25.2 Å². The molecule has 0 aromatic heterocycles. The third-order valence-electron chi connectivity index (χ3n) is 1.95. The van der Waals surface area contributed by atoms with Gasteiger partial charge in [0.15, 0.2) is 0 Å². The van der Waals surface area contributed by atoms with E-state index in [-0.39, 0.29) is 0 Å². The summed E-state index contributed by atoms with van der Waals surface area (Å²) in [5.41, 5.74) is 1.16. The highest BCUT2D eigenvalue weighted by molar-refractivity contribution is 6.30. The molecule has 0 heterocycles. The van der Waals surface area contributed by atoms with E-state index >= 15 is 0 Å². The van der Waals surface area contributed by atoms with Crippen LogP contribution in [0.25, 0.3) is 0 Å². The molecule has 1 rings (SSSR count). The van der Waals surface area contributed by atoms with Crippen molar-refractivity contribution in [3.8, 4) is 0 Å². The van der Waals surface area contributed by atoms with Crippen molar-refractivity contribution in [2.24, 2.45) is 0 Å². The highest BCUT2D eigenvalue weighted by Gasteiger charge is 1.99.